The maximum absolute atomic E-state index is 12.2. The molecule has 0 aliphatic carbocycles. The molecule has 0 aromatic heterocycles. The predicted octanol–water partition coefficient (Wildman–Crippen LogP) is 5.06. The minimum atomic E-state index is -0.0287. The first kappa shape index (κ1) is 17.6. The summed E-state index contributed by atoms with van der Waals surface area (Å²) in [4.78, 5) is 12.2. The molecular weight excluding hydrogens is 306 g/mol. The summed E-state index contributed by atoms with van der Waals surface area (Å²) >= 11 is 6.10. The Balaban J connectivity index is 2.00. The van der Waals surface area contributed by atoms with Crippen molar-refractivity contribution in [1.29, 1.82) is 0 Å². The largest absolute Gasteiger partial charge is 0.349 e. The van der Waals surface area contributed by atoms with Gasteiger partial charge in [0.1, 0.15) is 0 Å². The smallest absolute Gasteiger partial charge is 0.224 e. The van der Waals surface area contributed by atoms with E-state index in [1.165, 1.54) is 5.56 Å². The molecule has 1 atom stereocenters. The first-order chi connectivity index (χ1) is 10.8. The third-order valence-corrected chi connectivity index (χ3v) is 4.33. The van der Waals surface area contributed by atoms with Crippen molar-refractivity contribution in [2.45, 2.75) is 45.6 Å². The van der Waals surface area contributed by atoms with Crippen LogP contribution >= 0.6 is 11.6 Å². The van der Waals surface area contributed by atoms with E-state index in [9.17, 15) is 4.79 Å². The molecule has 0 spiro atoms. The highest BCUT2D eigenvalue weighted by Crippen LogP contribution is 2.24. The number of halogens is 1. The average Bonchev–Trinajstić information content (AvgIpc) is 2.49. The van der Waals surface area contributed by atoms with Gasteiger partial charge in [-0.15, -0.1) is 0 Å². The Morgan fingerprint density at radius 2 is 1.70 bits per heavy atom. The van der Waals surface area contributed by atoms with Crippen molar-refractivity contribution in [1.82, 2.24) is 5.32 Å². The van der Waals surface area contributed by atoms with Crippen LogP contribution in [-0.2, 0) is 16.6 Å². The molecule has 23 heavy (non-hydrogen) atoms. The van der Waals surface area contributed by atoms with Crippen molar-refractivity contribution >= 4 is 17.5 Å². The van der Waals surface area contributed by atoms with Crippen LogP contribution in [0.25, 0.3) is 0 Å². The number of rotatable bonds is 4. The van der Waals surface area contributed by atoms with Crippen molar-refractivity contribution in [2.75, 3.05) is 0 Å². The number of nitrogens with one attached hydrogen (secondary N) is 1. The summed E-state index contributed by atoms with van der Waals surface area (Å²) in [5.41, 5.74) is 3.37. The normalized spacial score (nSPS) is 12.7. The molecule has 0 bridgehead atoms. The molecule has 0 aliphatic heterocycles. The second-order valence-corrected chi connectivity index (χ2v) is 7.34. The van der Waals surface area contributed by atoms with E-state index < -0.39 is 0 Å². The van der Waals surface area contributed by atoms with Gasteiger partial charge in [0.15, 0.2) is 0 Å². The number of hydrogen-bond acceptors (Lipinski definition) is 1. The third-order valence-electron chi connectivity index (χ3n) is 3.96. The summed E-state index contributed by atoms with van der Waals surface area (Å²) in [5, 5.41) is 3.66. The van der Waals surface area contributed by atoms with E-state index in [2.05, 4.69) is 50.4 Å². The topological polar surface area (TPSA) is 29.1 Å². The minimum absolute atomic E-state index is 0.0227. The predicted molar refractivity (Wildman–Crippen MR) is 96.9 cm³/mol. The van der Waals surface area contributed by atoms with Gasteiger partial charge in [-0.2, -0.15) is 0 Å². The molecule has 0 heterocycles. The van der Waals surface area contributed by atoms with E-state index in [1.54, 1.807) is 6.07 Å². The van der Waals surface area contributed by atoms with Gasteiger partial charge in [-0.05, 0) is 35.1 Å². The second-order valence-electron chi connectivity index (χ2n) is 6.93. The maximum Gasteiger partial charge on any atom is 0.224 e. The Hall–Kier alpha value is -1.80. The molecule has 0 aliphatic rings. The molecule has 2 nitrogen and oxygen atoms in total. The first-order valence-electron chi connectivity index (χ1n) is 7.90. The molecule has 2 rings (SSSR count). The van der Waals surface area contributed by atoms with Crippen LogP contribution in [0.15, 0.2) is 48.5 Å². The van der Waals surface area contributed by atoms with E-state index >= 15 is 0 Å². The van der Waals surface area contributed by atoms with Crippen LogP contribution in [0, 0.1) is 0 Å². The Labute approximate surface area is 143 Å². The summed E-state index contributed by atoms with van der Waals surface area (Å²) in [6.45, 7) is 8.57. The molecule has 0 fully saturated rings. The molecule has 2 aromatic rings. The SMILES string of the molecule is C[C@@H](NC(=O)Cc1ccccc1Cl)c1ccc(C(C)(C)C)cc1. The highest BCUT2D eigenvalue weighted by molar-refractivity contribution is 6.31. The monoisotopic (exact) mass is 329 g/mol. The zero-order chi connectivity index (χ0) is 17.0. The van der Waals surface area contributed by atoms with Crippen molar-refractivity contribution < 1.29 is 4.79 Å². The second kappa shape index (κ2) is 7.18. The van der Waals surface area contributed by atoms with Crippen LogP contribution in [0.1, 0.15) is 50.4 Å². The van der Waals surface area contributed by atoms with Gasteiger partial charge in [0.2, 0.25) is 5.91 Å². The Morgan fingerprint density at radius 3 is 2.26 bits per heavy atom. The lowest BCUT2D eigenvalue weighted by Gasteiger charge is -2.21. The van der Waals surface area contributed by atoms with Gasteiger partial charge in [0.05, 0.1) is 12.5 Å². The molecular formula is C20H24ClNO. The molecule has 0 radical (unpaired) electrons. The fraction of sp³-hybridized carbons (Fsp3) is 0.350. The molecule has 0 saturated carbocycles. The molecule has 3 heteroatoms. The lowest BCUT2D eigenvalue weighted by atomic mass is 9.86. The van der Waals surface area contributed by atoms with Crippen LogP contribution in [0.2, 0.25) is 5.02 Å². The van der Waals surface area contributed by atoms with Crippen LogP contribution in [0.4, 0.5) is 0 Å². The van der Waals surface area contributed by atoms with E-state index in [4.69, 9.17) is 11.6 Å². The van der Waals surface area contributed by atoms with Crippen molar-refractivity contribution in [3.8, 4) is 0 Å². The molecule has 122 valence electrons. The van der Waals surface area contributed by atoms with Crippen LogP contribution in [0.3, 0.4) is 0 Å². The van der Waals surface area contributed by atoms with Gasteiger partial charge >= 0.3 is 0 Å². The van der Waals surface area contributed by atoms with Gasteiger partial charge in [-0.1, -0.05) is 74.8 Å². The first-order valence-corrected chi connectivity index (χ1v) is 8.28. The lowest BCUT2D eigenvalue weighted by molar-refractivity contribution is -0.121. The number of benzene rings is 2. The van der Waals surface area contributed by atoms with Crippen LogP contribution in [-0.4, -0.2) is 5.91 Å². The number of carbonyl (C=O) groups excluding carboxylic acids is 1. The van der Waals surface area contributed by atoms with Crippen molar-refractivity contribution in [3.05, 3.63) is 70.2 Å². The maximum atomic E-state index is 12.2. The fourth-order valence-electron chi connectivity index (χ4n) is 2.46. The number of carbonyl (C=O) groups is 1. The van der Waals surface area contributed by atoms with Crippen LogP contribution < -0.4 is 5.32 Å². The van der Waals surface area contributed by atoms with Gasteiger partial charge < -0.3 is 5.32 Å². The molecule has 1 amide bonds. The summed E-state index contributed by atoms with van der Waals surface area (Å²) in [6, 6.07) is 15.8. The third kappa shape index (κ3) is 4.84. The van der Waals surface area contributed by atoms with Crippen molar-refractivity contribution in [3.63, 3.8) is 0 Å². The minimum Gasteiger partial charge on any atom is -0.349 e. The highest BCUT2D eigenvalue weighted by atomic mass is 35.5. The number of hydrogen-bond donors (Lipinski definition) is 1. The zero-order valence-electron chi connectivity index (χ0n) is 14.2. The fourth-order valence-corrected chi connectivity index (χ4v) is 2.66. The molecule has 0 saturated heterocycles. The standard InChI is InChI=1S/C20H24ClNO/c1-14(15-9-11-17(12-10-15)20(2,3)4)22-19(23)13-16-7-5-6-8-18(16)21/h5-12,14H,13H2,1-4H3,(H,22,23)/t14-/m1/s1. The van der Waals surface area contributed by atoms with E-state index in [-0.39, 0.29) is 17.4 Å². The van der Waals surface area contributed by atoms with Crippen LogP contribution in [0.5, 0.6) is 0 Å². The lowest BCUT2D eigenvalue weighted by Crippen LogP contribution is -2.28. The van der Waals surface area contributed by atoms with Gasteiger partial charge in [-0.25, -0.2) is 0 Å². The van der Waals surface area contributed by atoms with E-state index in [0.717, 1.165) is 11.1 Å². The van der Waals surface area contributed by atoms with Crippen molar-refractivity contribution in [2.24, 2.45) is 0 Å². The van der Waals surface area contributed by atoms with Gasteiger partial charge in [0.25, 0.3) is 0 Å². The average molecular weight is 330 g/mol. The quantitative estimate of drug-likeness (QED) is 0.834. The zero-order valence-corrected chi connectivity index (χ0v) is 14.9. The van der Waals surface area contributed by atoms with Gasteiger partial charge in [-0.3, -0.25) is 4.79 Å². The highest BCUT2D eigenvalue weighted by Gasteiger charge is 2.15. The summed E-state index contributed by atoms with van der Waals surface area (Å²) < 4.78 is 0. The Morgan fingerprint density at radius 1 is 1.09 bits per heavy atom. The molecule has 2 aromatic carbocycles. The van der Waals surface area contributed by atoms with E-state index in [1.807, 2.05) is 25.1 Å². The summed E-state index contributed by atoms with van der Waals surface area (Å²) in [6.07, 6.45) is 0.296. The Kier molecular flexibility index (Phi) is 5.48. The summed E-state index contributed by atoms with van der Waals surface area (Å²) in [5.74, 6) is -0.0227. The summed E-state index contributed by atoms with van der Waals surface area (Å²) in [7, 11) is 0. The molecule has 0 unspecified atom stereocenters. The van der Waals surface area contributed by atoms with Gasteiger partial charge in [0, 0.05) is 5.02 Å². The number of amides is 1. The van der Waals surface area contributed by atoms with E-state index in [0.29, 0.717) is 11.4 Å². The molecule has 1 N–H and O–H groups in total. The Bertz CT molecular complexity index is 671.